The van der Waals surface area contributed by atoms with E-state index in [-0.39, 0.29) is 18.8 Å². The molecule has 2 N–H and O–H groups in total. The van der Waals surface area contributed by atoms with Gasteiger partial charge in [0.25, 0.3) is 0 Å². The molecule has 0 aliphatic heterocycles. The molecule has 0 bridgehead atoms. The van der Waals surface area contributed by atoms with Crippen LogP contribution >= 0.6 is 7.82 Å². The van der Waals surface area contributed by atoms with E-state index in [0.29, 0.717) is 11.1 Å². The predicted molar refractivity (Wildman–Crippen MR) is 73.3 cm³/mol. The summed E-state index contributed by atoms with van der Waals surface area (Å²) in [5, 5.41) is 0. The molecule has 110 valence electrons. The first-order chi connectivity index (χ1) is 9.19. The van der Waals surface area contributed by atoms with Gasteiger partial charge in [0.1, 0.15) is 5.75 Å². The van der Waals surface area contributed by atoms with Crippen LogP contribution in [0.2, 0.25) is 0 Å². The maximum absolute atomic E-state index is 11.2. The topological polar surface area (TPSA) is 93.1 Å². The van der Waals surface area contributed by atoms with Gasteiger partial charge in [0.05, 0.1) is 6.61 Å². The van der Waals surface area contributed by atoms with Crippen molar-refractivity contribution < 1.29 is 28.4 Å². The van der Waals surface area contributed by atoms with Gasteiger partial charge in [-0.2, -0.15) is 0 Å². The van der Waals surface area contributed by atoms with Gasteiger partial charge in [0.2, 0.25) is 0 Å². The largest absolute Gasteiger partial charge is 0.524 e. The SMILES string of the molecule is C=C(C)C(=O)OCCc1cc(C)ccc1OP(=O)(O)O. The quantitative estimate of drug-likeness (QED) is 0.475. The fraction of sp³-hybridized carbons (Fsp3) is 0.308. The third kappa shape index (κ3) is 5.57. The van der Waals surface area contributed by atoms with Crippen molar-refractivity contribution in [2.45, 2.75) is 20.3 Å². The number of hydrogen-bond acceptors (Lipinski definition) is 4. The molecule has 0 radical (unpaired) electrons. The first-order valence-electron chi connectivity index (χ1n) is 5.86. The second-order valence-electron chi connectivity index (χ2n) is 4.36. The number of benzene rings is 1. The maximum Gasteiger partial charge on any atom is 0.524 e. The van der Waals surface area contributed by atoms with Crippen LogP contribution in [0.15, 0.2) is 30.4 Å². The number of phosphoric acid groups is 1. The molecule has 1 rings (SSSR count). The van der Waals surface area contributed by atoms with Gasteiger partial charge in [0, 0.05) is 12.0 Å². The smallest absolute Gasteiger partial charge is 0.462 e. The third-order valence-corrected chi connectivity index (χ3v) is 2.82. The standard InChI is InChI=1S/C13H17O6P/c1-9(2)13(14)18-7-6-11-8-10(3)4-5-12(11)19-20(15,16)17/h4-5,8H,1,6-7H2,2-3H3,(H2,15,16,17). The van der Waals surface area contributed by atoms with Gasteiger partial charge in [-0.1, -0.05) is 24.3 Å². The zero-order valence-electron chi connectivity index (χ0n) is 11.3. The molecule has 0 saturated heterocycles. The summed E-state index contributed by atoms with van der Waals surface area (Å²) >= 11 is 0. The minimum atomic E-state index is -4.62. The second-order valence-corrected chi connectivity index (χ2v) is 5.52. The number of rotatable bonds is 6. The Hall–Kier alpha value is -1.62. The Morgan fingerprint density at radius 1 is 1.40 bits per heavy atom. The first-order valence-corrected chi connectivity index (χ1v) is 7.39. The predicted octanol–water partition coefficient (Wildman–Crippen LogP) is 2.13. The molecule has 0 atom stereocenters. The molecule has 7 heteroatoms. The lowest BCUT2D eigenvalue weighted by molar-refractivity contribution is -0.138. The lowest BCUT2D eigenvalue weighted by atomic mass is 10.1. The minimum Gasteiger partial charge on any atom is -0.462 e. The van der Waals surface area contributed by atoms with Crippen molar-refractivity contribution in [2.75, 3.05) is 6.61 Å². The van der Waals surface area contributed by atoms with Crippen LogP contribution in [0.3, 0.4) is 0 Å². The van der Waals surface area contributed by atoms with Crippen molar-refractivity contribution in [3.63, 3.8) is 0 Å². The number of carbonyl (C=O) groups excluding carboxylic acids is 1. The van der Waals surface area contributed by atoms with Gasteiger partial charge in [0.15, 0.2) is 0 Å². The zero-order valence-corrected chi connectivity index (χ0v) is 12.2. The average molecular weight is 300 g/mol. The Labute approximate surface area is 117 Å². The zero-order chi connectivity index (χ0) is 15.3. The van der Waals surface area contributed by atoms with Crippen molar-refractivity contribution in [3.05, 3.63) is 41.5 Å². The summed E-state index contributed by atoms with van der Waals surface area (Å²) in [7, 11) is -4.62. The van der Waals surface area contributed by atoms with Crippen LogP contribution < -0.4 is 4.52 Å². The van der Waals surface area contributed by atoms with E-state index in [9.17, 15) is 9.36 Å². The molecule has 0 aliphatic carbocycles. The van der Waals surface area contributed by atoms with Gasteiger partial charge >= 0.3 is 13.8 Å². The number of esters is 1. The van der Waals surface area contributed by atoms with Crippen molar-refractivity contribution in [1.82, 2.24) is 0 Å². The molecule has 0 amide bonds. The highest BCUT2D eigenvalue weighted by atomic mass is 31.2. The number of phosphoric ester groups is 1. The third-order valence-electron chi connectivity index (χ3n) is 2.39. The van der Waals surface area contributed by atoms with Crippen molar-refractivity contribution in [2.24, 2.45) is 0 Å². The summed E-state index contributed by atoms with van der Waals surface area (Å²) in [6, 6.07) is 4.87. The van der Waals surface area contributed by atoms with E-state index in [4.69, 9.17) is 14.5 Å². The Morgan fingerprint density at radius 3 is 2.60 bits per heavy atom. The highest BCUT2D eigenvalue weighted by Crippen LogP contribution is 2.39. The van der Waals surface area contributed by atoms with E-state index >= 15 is 0 Å². The van der Waals surface area contributed by atoms with Gasteiger partial charge in [-0.05, 0) is 25.5 Å². The van der Waals surface area contributed by atoms with Crippen LogP contribution in [0, 0.1) is 6.92 Å². The van der Waals surface area contributed by atoms with Gasteiger partial charge in [-0.3, -0.25) is 9.79 Å². The van der Waals surface area contributed by atoms with Crippen LogP contribution in [-0.4, -0.2) is 22.4 Å². The maximum atomic E-state index is 11.2. The summed E-state index contributed by atoms with van der Waals surface area (Å²) in [6.45, 7) is 6.91. The molecule has 0 aliphatic rings. The van der Waals surface area contributed by atoms with E-state index in [1.807, 2.05) is 6.92 Å². The lowest BCUT2D eigenvalue weighted by Gasteiger charge is -2.13. The van der Waals surface area contributed by atoms with E-state index in [1.54, 1.807) is 12.1 Å². The van der Waals surface area contributed by atoms with Crippen LogP contribution in [0.1, 0.15) is 18.1 Å². The van der Waals surface area contributed by atoms with E-state index in [2.05, 4.69) is 11.1 Å². The first kappa shape index (κ1) is 16.4. The van der Waals surface area contributed by atoms with Gasteiger partial charge in [-0.15, -0.1) is 0 Å². The van der Waals surface area contributed by atoms with Crippen molar-refractivity contribution >= 4 is 13.8 Å². The van der Waals surface area contributed by atoms with Crippen LogP contribution in [0.5, 0.6) is 5.75 Å². The van der Waals surface area contributed by atoms with E-state index < -0.39 is 13.8 Å². The number of aryl methyl sites for hydroxylation is 1. The Morgan fingerprint density at radius 2 is 2.05 bits per heavy atom. The summed E-state index contributed by atoms with van der Waals surface area (Å²) < 4.78 is 20.4. The van der Waals surface area contributed by atoms with Crippen molar-refractivity contribution in [1.29, 1.82) is 0 Å². The highest BCUT2D eigenvalue weighted by Gasteiger charge is 2.18. The number of carbonyl (C=O) groups is 1. The molecule has 1 aromatic carbocycles. The average Bonchev–Trinajstić information content (AvgIpc) is 2.30. The van der Waals surface area contributed by atoms with E-state index in [0.717, 1.165) is 5.56 Å². The fourth-order valence-corrected chi connectivity index (χ4v) is 1.93. The monoisotopic (exact) mass is 300 g/mol. The molecule has 0 aromatic heterocycles. The van der Waals surface area contributed by atoms with Crippen LogP contribution in [-0.2, 0) is 20.5 Å². The Kier molecular flexibility index (Phi) is 5.51. The molecular formula is C13H17O6P. The summed E-state index contributed by atoms with van der Waals surface area (Å²) in [5.41, 5.74) is 1.76. The molecule has 0 fully saturated rings. The summed E-state index contributed by atoms with van der Waals surface area (Å²) in [6.07, 6.45) is 0.288. The molecular weight excluding hydrogens is 283 g/mol. The number of ether oxygens (including phenoxy) is 1. The second kappa shape index (κ2) is 6.70. The van der Waals surface area contributed by atoms with Gasteiger partial charge in [-0.25, -0.2) is 9.36 Å². The molecule has 0 spiro atoms. The molecule has 20 heavy (non-hydrogen) atoms. The molecule has 0 saturated carbocycles. The summed E-state index contributed by atoms with van der Waals surface area (Å²) in [4.78, 5) is 28.9. The van der Waals surface area contributed by atoms with Gasteiger partial charge < -0.3 is 9.26 Å². The molecule has 0 unspecified atom stereocenters. The molecule has 6 nitrogen and oxygen atoms in total. The summed E-state index contributed by atoms with van der Waals surface area (Å²) in [5.74, 6) is -0.426. The van der Waals surface area contributed by atoms with Crippen LogP contribution in [0.4, 0.5) is 0 Å². The highest BCUT2D eigenvalue weighted by molar-refractivity contribution is 7.46. The Bertz CT molecular complexity index is 560. The van der Waals surface area contributed by atoms with Crippen molar-refractivity contribution in [3.8, 4) is 5.75 Å². The molecule has 1 aromatic rings. The normalized spacial score (nSPS) is 11.0. The fourth-order valence-electron chi connectivity index (χ4n) is 1.50. The number of hydrogen-bond donors (Lipinski definition) is 2. The van der Waals surface area contributed by atoms with Crippen LogP contribution in [0.25, 0.3) is 0 Å². The van der Waals surface area contributed by atoms with E-state index in [1.165, 1.54) is 13.0 Å². The Balaban J connectivity index is 2.77. The lowest BCUT2D eigenvalue weighted by Crippen LogP contribution is -2.08. The molecule has 0 heterocycles. The minimum absolute atomic E-state index is 0.0761.